The fraction of sp³-hybridized carbons (Fsp3) is 0.861. The molecule has 1 aliphatic heterocycles. The Morgan fingerprint density at radius 2 is 1.58 bits per heavy atom. The van der Waals surface area contributed by atoms with Gasteiger partial charge >= 0.3 is 6.03 Å². The Hall–Kier alpha value is -2.18. The van der Waals surface area contributed by atoms with Crippen LogP contribution in [0.15, 0.2) is 12.2 Å². The first-order valence-corrected chi connectivity index (χ1v) is 19.8. The lowest BCUT2D eigenvalue weighted by Crippen LogP contribution is -2.64. The minimum atomic E-state index is -3.45. The van der Waals surface area contributed by atoms with Crippen LogP contribution in [0.5, 0.6) is 0 Å². The number of urea groups is 1. The molecule has 0 aromatic heterocycles. The van der Waals surface area contributed by atoms with E-state index in [-0.39, 0.29) is 46.2 Å². The molecule has 5 unspecified atom stereocenters. The molecule has 4 fully saturated rings. The lowest BCUT2D eigenvalue weighted by molar-refractivity contribution is -0.135. The SMILES string of the molecule is C=C(C(N)=O)[C@@H](CC1CC1)NC(=O)C1C2C(CN1C(O)C(NC(=O)N[C@H](CS(=O)(=O)CC(C)(C)C)C1CCCCC1)C(C)(C)C)C2(C)C. The maximum Gasteiger partial charge on any atom is 0.315 e. The number of sulfone groups is 1. The van der Waals surface area contributed by atoms with Crippen LogP contribution in [-0.4, -0.2) is 84.7 Å². The van der Waals surface area contributed by atoms with Crippen LogP contribution in [0.3, 0.4) is 0 Å². The van der Waals surface area contributed by atoms with E-state index < -0.39 is 63.0 Å². The molecule has 11 nitrogen and oxygen atoms in total. The van der Waals surface area contributed by atoms with E-state index in [0.29, 0.717) is 18.9 Å². The van der Waals surface area contributed by atoms with Gasteiger partial charge in [-0.05, 0) is 59.2 Å². The van der Waals surface area contributed by atoms with Gasteiger partial charge in [-0.25, -0.2) is 13.2 Å². The van der Waals surface area contributed by atoms with E-state index in [2.05, 4.69) is 36.4 Å². The van der Waals surface area contributed by atoms with Crippen molar-refractivity contribution in [3.63, 3.8) is 0 Å². The number of piperidine rings is 1. The predicted octanol–water partition coefficient (Wildman–Crippen LogP) is 3.71. The second-order valence-electron chi connectivity index (χ2n) is 18.2. The van der Waals surface area contributed by atoms with Gasteiger partial charge in [0.25, 0.3) is 0 Å². The first-order chi connectivity index (χ1) is 22.0. The van der Waals surface area contributed by atoms with Gasteiger partial charge in [0.15, 0.2) is 9.84 Å². The third-order valence-corrected chi connectivity index (χ3v) is 13.5. The fourth-order valence-corrected chi connectivity index (χ4v) is 10.7. The Morgan fingerprint density at radius 1 is 0.979 bits per heavy atom. The molecule has 4 aliphatic rings. The molecule has 4 amide bonds. The third-order valence-electron chi connectivity index (χ3n) is 11.3. The summed E-state index contributed by atoms with van der Waals surface area (Å²) in [6.45, 7) is 20.1. The highest BCUT2D eigenvalue weighted by Crippen LogP contribution is 2.65. The molecule has 48 heavy (non-hydrogen) atoms. The Balaban J connectivity index is 1.53. The van der Waals surface area contributed by atoms with Gasteiger partial charge in [0.1, 0.15) is 6.23 Å². The standard InChI is InChI=1S/C36H63N5O6S/c1-21(30(37)42)25(17-22-15-16-22)38-31(43)28-27-24(36(27,8)9)18-41(28)32(44)29(35(5,6)7)40-33(45)39-26(23-13-11-10-12-14-23)19-48(46,47)20-34(2,3)4/h22-29,32,44H,1,10-20H2,2-9H3,(H2,37,42)(H,38,43)(H2,39,40,45)/t24?,25-,26-,27?,28?,29?,32?/m1/s1. The number of nitrogens with zero attached hydrogens (tertiary/aromatic N) is 1. The number of hydrogen-bond donors (Lipinski definition) is 5. The summed E-state index contributed by atoms with van der Waals surface area (Å²) in [6.07, 6.45) is 6.28. The van der Waals surface area contributed by atoms with Crippen molar-refractivity contribution < 1.29 is 27.9 Å². The molecule has 274 valence electrons. The summed E-state index contributed by atoms with van der Waals surface area (Å²) in [7, 11) is -3.45. The first kappa shape index (κ1) is 38.6. The maximum absolute atomic E-state index is 14.1. The van der Waals surface area contributed by atoms with E-state index in [1.165, 1.54) is 0 Å². The van der Waals surface area contributed by atoms with Crippen molar-refractivity contribution in [1.29, 1.82) is 0 Å². The van der Waals surface area contributed by atoms with Gasteiger partial charge in [-0.2, -0.15) is 0 Å². The van der Waals surface area contributed by atoms with E-state index >= 15 is 0 Å². The first-order valence-electron chi connectivity index (χ1n) is 18.0. The van der Waals surface area contributed by atoms with Crippen molar-refractivity contribution in [1.82, 2.24) is 20.9 Å². The summed E-state index contributed by atoms with van der Waals surface area (Å²) < 4.78 is 26.5. The molecule has 0 bridgehead atoms. The zero-order valence-electron chi connectivity index (χ0n) is 30.6. The van der Waals surface area contributed by atoms with Crippen molar-refractivity contribution in [3.05, 3.63) is 12.2 Å². The molecule has 12 heteroatoms. The van der Waals surface area contributed by atoms with Crippen molar-refractivity contribution in [2.45, 2.75) is 137 Å². The monoisotopic (exact) mass is 693 g/mol. The number of nitrogens with two attached hydrogens (primary N) is 1. The summed E-state index contributed by atoms with van der Waals surface area (Å²) >= 11 is 0. The zero-order chi connectivity index (χ0) is 36.0. The lowest BCUT2D eigenvalue weighted by Gasteiger charge is -2.43. The molecule has 1 saturated heterocycles. The van der Waals surface area contributed by atoms with Crippen LogP contribution >= 0.6 is 0 Å². The van der Waals surface area contributed by atoms with Gasteiger partial charge < -0.3 is 26.8 Å². The quantitative estimate of drug-likeness (QED) is 0.173. The molecule has 0 radical (unpaired) electrons. The number of likely N-dealkylation sites (tertiary alicyclic amines) is 1. The van der Waals surface area contributed by atoms with Crippen LogP contribution in [-0.2, 0) is 19.4 Å². The van der Waals surface area contributed by atoms with Gasteiger partial charge in [-0.3, -0.25) is 14.5 Å². The normalized spacial score (nSPS) is 27.2. The van der Waals surface area contributed by atoms with Crippen molar-refractivity contribution in [2.75, 3.05) is 18.1 Å². The van der Waals surface area contributed by atoms with Crippen LogP contribution in [0.2, 0.25) is 0 Å². The summed E-state index contributed by atoms with van der Waals surface area (Å²) in [4.78, 5) is 41.7. The topological polar surface area (TPSA) is 171 Å². The van der Waals surface area contributed by atoms with Gasteiger partial charge in [0, 0.05) is 18.2 Å². The van der Waals surface area contributed by atoms with Crippen LogP contribution in [0.25, 0.3) is 0 Å². The summed E-state index contributed by atoms with van der Waals surface area (Å²) in [5, 5.41) is 21.1. The van der Waals surface area contributed by atoms with E-state index in [0.717, 1.165) is 44.9 Å². The van der Waals surface area contributed by atoms with Crippen molar-refractivity contribution in [3.8, 4) is 0 Å². The summed E-state index contributed by atoms with van der Waals surface area (Å²) in [5.41, 5.74) is 4.63. The molecule has 0 aromatic carbocycles. The predicted molar refractivity (Wildman–Crippen MR) is 188 cm³/mol. The minimum absolute atomic E-state index is 0.00582. The summed E-state index contributed by atoms with van der Waals surface area (Å²) in [6, 6.07) is -3.10. The summed E-state index contributed by atoms with van der Waals surface area (Å²) in [5.74, 6) is -0.380. The molecule has 3 aliphatic carbocycles. The highest BCUT2D eigenvalue weighted by molar-refractivity contribution is 7.91. The number of aliphatic hydroxyl groups excluding tert-OH is 1. The highest BCUT2D eigenvalue weighted by atomic mass is 32.2. The number of primary amides is 1. The maximum atomic E-state index is 14.1. The molecular formula is C36H63N5O6S. The van der Waals surface area contributed by atoms with E-state index in [9.17, 15) is 27.9 Å². The van der Waals surface area contributed by atoms with Gasteiger partial charge in [0.2, 0.25) is 11.8 Å². The van der Waals surface area contributed by atoms with Crippen LogP contribution in [0.4, 0.5) is 4.79 Å². The van der Waals surface area contributed by atoms with Gasteiger partial charge in [-0.1, -0.05) is 94.1 Å². The number of carbonyl (C=O) groups excluding carboxylic acids is 3. The van der Waals surface area contributed by atoms with Gasteiger partial charge in [0.05, 0.1) is 29.6 Å². The average Bonchev–Trinajstić information content (AvgIpc) is 3.80. The molecule has 0 aromatic rings. The molecule has 3 saturated carbocycles. The van der Waals surface area contributed by atoms with Crippen LogP contribution in [0, 0.1) is 39.9 Å². The van der Waals surface area contributed by atoms with E-state index in [1.54, 1.807) is 4.90 Å². The van der Waals surface area contributed by atoms with Crippen molar-refractivity contribution in [2.24, 2.45) is 45.7 Å². The van der Waals surface area contributed by atoms with E-state index in [1.807, 2.05) is 41.5 Å². The third kappa shape index (κ3) is 9.53. The molecule has 0 spiro atoms. The lowest BCUT2D eigenvalue weighted by atomic mass is 9.84. The number of aliphatic hydroxyl groups is 1. The Kier molecular flexibility index (Phi) is 11.4. The zero-order valence-corrected chi connectivity index (χ0v) is 31.4. The fourth-order valence-electron chi connectivity index (χ4n) is 8.40. The molecule has 6 N–H and O–H groups in total. The number of rotatable bonds is 14. The molecular weight excluding hydrogens is 630 g/mol. The minimum Gasteiger partial charge on any atom is -0.376 e. The van der Waals surface area contributed by atoms with Crippen LogP contribution in [0.1, 0.15) is 107 Å². The van der Waals surface area contributed by atoms with Gasteiger partial charge in [-0.15, -0.1) is 0 Å². The second-order valence-corrected chi connectivity index (χ2v) is 20.3. The smallest absolute Gasteiger partial charge is 0.315 e. The number of fused-ring (bicyclic) bond motifs is 1. The largest absolute Gasteiger partial charge is 0.376 e. The van der Waals surface area contributed by atoms with Crippen LogP contribution < -0.4 is 21.7 Å². The number of nitrogens with one attached hydrogen (secondary N) is 3. The number of hydrogen-bond acceptors (Lipinski definition) is 7. The second kappa shape index (κ2) is 14.2. The number of amides is 4. The Bertz CT molecular complexity index is 1320. The Labute approximate surface area is 288 Å². The Morgan fingerprint density at radius 3 is 2.10 bits per heavy atom. The molecule has 4 rings (SSSR count). The average molecular weight is 694 g/mol. The molecule has 7 atom stereocenters. The molecule has 1 heterocycles. The number of carbonyl (C=O) groups is 3. The van der Waals surface area contributed by atoms with Crippen molar-refractivity contribution >= 4 is 27.7 Å². The highest BCUT2D eigenvalue weighted by Gasteiger charge is 2.69. The van der Waals surface area contributed by atoms with E-state index in [4.69, 9.17) is 5.73 Å².